The van der Waals surface area contributed by atoms with Crippen LogP contribution in [0.1, 0.15) is 25.3 Å². The molecule has 5 heteroatoms. The highest BCUT2D eigenvalue weighted by Gasteiger charge is 2.04. The van der Waals surface area contributed by atoms with Gasteiger partial charge in [-0.3, -0.25) is 4.79 Å². The number of ether oxygens (including phenoxy) is 1. The number of rotatable bonds is 7. The van der Waals surface area contributed by atoms with Gasteiger partial charge in [-0.15, -0.1) is 0 Å². The third kappa shape index (κ3) is 5.23. The molecule has 0 spiro atoms. The van der Waals surface area contributed by atoms with Crippen molar-refractivity contribution in [3.05, 3.63) is 35.4 Å². The molecule has 0 aliphatic carbocycles. The number of nitrogens with one attached hydrogen (secondary N) is 1. The van der Waals surface area contributed by atoms with E-state index in [2.05, 4.69) is 5.32 Å². The van der Waals surface area contributed by atoms with Crippen molar-refractivity contribution >= 4 is 5.97 Å². The maximum Gasteiger partial charge on any atom is 0.305 e. The van der Waals surface area contributed by atoms with Crippen LogP contribution in [0.25, 0.3) is 0 Å². The molecule has 0 amide bonds. The van der Waals surface area contributed by atoms with Crippen LogP contribution in [0.5, 0.6) is 0 Å². The Labute approximate surface area is 105 Å². The highest BCUT2D eigenvalue weighted by molar-refractivity contribution is 5.69. The number of carbonyl (C=O) groups is 1. The van der Waals surface area contributed by atoms with Gasteiger partial charge in [-0.1, -0.05) is 6.07 Å². The Bertz CT molecular complexity index is 397. The second kappa shape index (κ2) is 7.76. The van der Waals surface area contributed by atoms with Crippen LogP contribution in [-0.4, -0.2) is 19.1 Å². The van der Waals surface area contributed by atoms with E-state index in [4.69, 9.17) is 4.74 Å². The van der Waals surface area contributed by atoms with Crippen molar-refractivity contribution in [2.24, 2.45) is 0 Å². The van der Waals surface area contributed by atoms with Gasteiger partial charge in [0.1, 0.15) is 11.6 Å². The first kappa shape index (κ1) is 14.6. The number of carbonyl (C=O) groups excluding carboxylic acids is 1. The fourth-order valence-electron chi connectivity index (χ4n) is 1.48. The molecule has 0 fully saturated rings. The van der Waals surface area contributed by atoms with Gasteiger partial charge in [0.15, 0.2) is 0 Å². The summed E-state index contributed by atoms with van der Waals surface area (Å²) in [5, 5.41) is 2.99. The summed E-state index contributed by atoms with van der Waals surface area (Å²) < 4.78 is 30.6. The van der Waals surface area contributed by atoms with Crippen molar-refractivity contribution in [3.63, 3.8) is 0 Å². The lowest BCUT2D eigenvalue weighted by Gasteiger charge is -2.06. The SMILES string of the molecule is CCOC(=O)CCCNCc1ccc(F)cc1F. The number of esters is 1. The van der Waals surface area contributed by atoms with Gasteiger partial charge in [0.25, 0.3) is 0 Å². The van der Waals surface area contributed by atoms with Crippen LogP contribution in [0.15, 0.2) is 18.2 Å². The normalized spacial score (nSPS) is 10.4. The third-order valence-corrected chi connectivity index (χ3v) is 2.37. The Morgan fingerprint density at radius 3 is 2.83 bits per heavy atom. The zero-order valence-corrected chi connectivity index (χ0v) is 10.3. The van der Waals surface area contributed by atoms with Crippen LogP contribution in [-0.2, 0) is 16.1 Å². The molecule has 3 nitrogen and oxygen atoms in total. The van der Waals surface area contributed by atoms with Crippen molar-refractivity contribution in [3.8, 4) is 0 Å². The number of benzene rings is 1. The van der Waals surface area contributed by atoms with Gasteiger partial charge in [0, 0.05) is 24.6 Å². The Morgan fingerprint density at radius 1 is 1.39 bits per heavy atom. The van der Waals surface area contributed by atoms with Gasteiger partial charge in [-0.2, -0.15) is 0 Å². The molecule has 1 aromatic carbocycles. The molecule has 0 aliphatic heterocycles. The topological polar surface area (TPSA) is 38.3 Å². The zero-order chi connectivity index (χ0) is 13.4. The van der Waals surface area contributed by atoms with Gasteiger partial charge in [-0.05, 0) is 26.0 Å². The zero-order valence-electron chi connectivity index (χ0n) is 10.3. The van der Waals surface area contributed by atoms with Crippen LogP contribution in [0.4, 0.5) is 8.78 Å². The minimum atomic E-state index is -0.585. The monoisotopic (exact) mass is 257 g/mol. The lowest BCUT2D eigenvalue weighted by atomic mass is 10.2. The summed E-state index contributed by atoms with van der Waals surface area (Å²) in [6.07, 6.45) is 0.967. The maximum atomic E-state index is 13.2. The lowest BCUT2D eigenvalue weighted by molar-refractivity contribution is -0.143. The molecule has 0 unspecified atom stereocenters. The Hall–Kier alpha value is -1.49. The van der Waals surface area contributed by atoms with Crippen molar-refractivity contribution in [1.82, 2.24) is 5.32 Å². The minimum absolute atomic E-state index is 0.229. The number of halogens is 2. The maximum absolute atomic E-state index is 13.2. The second-order valence-electron chi connectivity index (χ2n) is 3.82. The first-order valence-electron chi connectivity index (χ1n) is 5.93. The quantitative estimate of drug-likeness (QED) is 0.602. The molecule has 1 rings (SSSR count). The fraction of sp³-hybridized carbons (Fsp3) is 0.462. The van der Waals surface area contributed by atoms with Crippen molar-refractivity contribution < 1.29 is 18.3 Å². The molecule has 0 heterocycles. The molecular weight excluding hydrogens is 240 g/mol. The van der Waals surface area contributed by atoms with Crippen LogP contribution >= 0.6 is 0 Å². The highest BCUT2D eigenvalue weighted by atomic mass is 19.1. The van der Waals surface area contributed by atoms with E-state index in [0.29, 0.717) is 38.1 Å². The van der Waals surface area contributed by atoms with Gasteiger partial charge >= 0.3 is 5.97 Å². The van der Waals surface area contributed by atoms with Gasteiger partial charge in [-0.25, -0.2) is 8.78 Å². The first-order chi connectivity index (χ1) is 8.63. The fourth-order valence-corrected chi connectivity index (χ4v) is 1.48. The average molecular weight is 257 g/mol. The summed E-state index contributed by atoms with van der Waals surface area (Å²) in [5.74, 6) is -1.38. The van der Waals surface area contributed by atoms with E-state index in [1.165, 1.54) is 12.1 Å². The van der Waals surface area contributed by atoms with Crippen LogP contribution in [0, 0.1) is 11.6 Å². The molecule has 0 saturated carbocycles. The summed E-state index contributed by atoms with van der Waals surface area (Å²) in [7, 11) is 0. The summed E-state index contributed by atoms with van der Waals surface area (Å²) in [4.78, 5) is 11.0. The van der Waals surface area contributed by atoms with Crippen molar-refractivity contribution in [2.75, 3.05) is 13.2 Å². The molecule has 18 heavy (non-hydrogen) atoms. The smallest absolute Gasteiger partial charge is 0.305 e. The summed E-state index contributed by atoms with van der Waals surface area (Å²) in [5.41, 5.74) is 0.410. The molecule has 0 radical (unpaired) electrons. The summed E-state index contributed by atoms with van der Waals surface area (Å²) in [6, 6.07) is 3.48. The van der Waals surface area contributed by atoms with Crippen LogP contribution < -0.4 is 5.32 Å². The molecule has 0 saturated heterocycles. The second-order valence-corrected chi connectivity index (χ2v) is 3.82. The number of hydrogen-bond acceptors (Lipinski definition) is 3. The molecule has 0 aliphatic rings. The minimum Gasteiger partial charge on any atom is -0.466 e. The first-order valence-corrected chi connectivity index (χ1v) is 5.93. The van der Waals surface area contributed by atoms with E-state index in [0.717, 1.165) is 6.07 Å². The van der Waals surface area contributed by atoms with E-state index in [9.17, 15) is 13.6 Å². The Morgan fingerprint density at radius 2 is 2.17 bits per heavy atom. The van der Waals surface area contributed by atoms with E-state index < -0.39 is 11.6 Å². The van der Waals surface area contributed by atoms with E-state index in [1.54, 1.807) is 6.92 Å². The van der Waals surface area contributed by atoms with Gasteiger partial charge < -0.3 is 10.1 Å². The molecule has 0 atom stereocenters. The standard InChI is InChI=1S/C13H17F2NO2/c1-2-18-13(17)4-3-7-16-9-10-5-6-11(14)8-12(10)15/h5-6,8,16H,2-4,7,9H2,1H3. The van der Waals surface area contributed by atoms with E-state index in [-0.39, 0.29) is 5.97 Å². The molecule has 1 aromatic rings. The third-order valence-electron chi connectivity index (χ3n) is 2.37. The molecule has 0 aromatic heterocycles. The van der Waals surface area contributed by atoms with Crippen LogP contribution in [0.2, 0.25) is 0 Å². The lowest BCUT2D eigenvalue weighted by Crippen LogP contribution is -2.17. The highest BCUT2D eigenvalue weighted by Crippen LogP contribution is 2.08. The molecule has 1 N–H and O–H groups in total. The van der Waals surface area contributed by atoms with Gasteiger partial charge in [0.2, 0.25) is 0 Å². The van der Waals surface area contributed by atoms with E-state index in [1.807, 2.05) is 0 Å². The average Bonchev–Trinajstić information content (AvgIpc) is 2.31. The molecule has 100 valence electrons. The predicted molar refractivity (Wildman–Crippen MR) is 63.9 cm³/mol. The summed E-state index contributed by atoms with van der Waals surface area (Å²) in [6.45, 7) is 3.03. The van der Waals surface area contributed by atoms with Crippen molar-refractivity contribution in [1.29, 1.82) is 0 Å². The Balaban J connectivity index is 2.20. The number of hydrogen-bond donors (Lipinski definition) is 1. The van der Waals surface area contributed by atoms with Gasteiger partial charge in [0.05, 0.1) is 6.61 Å². The van der Waals surface area contributed by atoms with Crippen LogP contribution in [0.3, 0.4) is 0 Å². The van der Waals surface area contributed by atoms with Crippen molar-refractivity contribution in [2.45, 2.75) is 26.3 Å². The molecule has 0 bridgehead atoms. The van der Waals surface area contributed by atoms with E-state index >= 15 is 0 Å². The largest absolute Gasteiger partial charge is 0.466 e. The Kier molecular flexibility index (Phi) is 6.28. The summed E-state index contributed by atoms with van der Waals surface area (Å²) >= 11 is 0. The molecular formula is C13H17F2NO2. The predicted octanol–water partition coefficient (Wildman–Crippen LogP) is 2.40.